The molecule has 2 amide bonds. The molecule has 6 nitrogen and oxygen atoms in total. The van der Waals surface area contributed by atoms with Crippen LogP contribution >= 0.6 is 0 Å². The molecule has 2 aromatic carbocycles. The fourth-order valence-electron chi connectivity index (χ4n) is 2.14. The molecule has 2 rings (SSSR count). The van der Waals surface area contributed by atoms with Crippen LogP contribution in [0.2, 0.25) is 0 Å². The van der Waals surface area contributed by atoms with Crippen molar-refractivity contribution in [3.05, 3.63) is 60.2 Å². The summed E-state index contributed by atoms with van der Waals surface area (Å²) in [6, 6.07) is 13.6. The van der Waals surface area contributed by atoms with E-state index in [0.29, 0.717) is 11.4 Å². The number of benzene rings is 2. The molecule has 0 aliphatic rings. The third kappa shape index (κ3) is 5.66. The molecule has 0 aliphatic carbocycles. The van der Waals surface area contributed by atoms with Crippen molar-refractivity contribution in [2.45, 2.75) is 13.0 Å². The maximum absolute atomic E-state index is 12.2. The molecule has 0 saturated heterocycles. The maximum Gasteiger partial charge on any atom is 0.246 e. The number of carbonyl (C=O) groups excluding carboxylic acids is 2. The number of anilines is 1. The SMILES string of the molecule is COc1ccc(/C=C/C(=O)NC(C)C(=O)Nc2ccc(OC)cc2)cc1. The summed E-state index contributed by atoms with van der Waals surface area (Å²) in [6.07, 6.45) is 3.06. The second-order valence-corrected chi connectivity index (χ2v) is 5.55. The minimum absolute atomic E-state index is 0.304. The Kier molecular flexibility index (Phi) is 6.79. The van der Waals surface area contributed by atoms with Gasteiger partial charge in [0.2, 0.25) is 11.8 Å². The monoisotopic (exact) mass is 354 g/mol. The van der Waals surface area contributed by atoms with Crippen molar-refractivity contribution >= 4 is 23.6 Å². The minimum atomic E-state index is -0.676. The van der Waals surface area contributed by atoms with Gasteiger partial charge in [-0.3, -0.25) is 9.59 Å². The predicted octanol–water partition coefficient (Wildman–Crippen LogP) is 2.86. The van der Waals surface area contributed by atoms with Gasteiger partial charge in [-0.1, -0.05) is 12.1 Å². The van der Waals surface area contributed by atoms with E-state index in [0.717, 1.165) is 11.3 Å². The van der Waals surface area contributed by atoms with E-state index in [-0.39, 0.29) is 11.8 Å². The predicted molar refractivity (Wildman–Crippen MR) is 101 cm³/mol. The molecule has 0 bridgehead atoms. The molecule has 1 unspecified atom stereocenters. The van der Waals surface area contributed by atoms with E-state index >= 15 is 0 Å². The van der Waals surface area contributed by atoms with Crippen LogP contribution in [0.3, 0.4) is 0 Å². The highest BCUT2D eigenvalue weighted by molar-refractivity contribution is 5.99. The fraction of sp³-hybridized carbons (Fsp3) is 0.200. The molecule has 0 aliphatic heterocycles. The van der Waals surface area contributed by atoms with Crippen molar-refractivity contribution in [1.29, 1.82) is 0 Å². The van der Waals surface area contributed by atoms with Crippen LogP contribution in [0.4, 0.5) is 5.69 Å². The van der Waals surface area contributed by atoms with E-state index in [4.69, 9.17) is 9.47 Å². The zero-order valence-electron chi connectivity index (χ0n) is 15.0. The number of methoxy groups -OCH3 is 2. The Morgan fingerprint density at radius 3 is 2.00 bits per heavy atom. The summed E-state index contributed by atoms with van der Waals surface area (Å²) < 4.78 is 10.1. The topological polar surface area (TPSA) is 76.7 Å². The molecule has 0 heterocycles. The van der Waals surface area contributed by atoms with Crippen LogP contribution < -0.4 is 20.1 Å². The van der Waals surface area contributed by atoms with E-state index in [9.17, 15) is 9.59 Å². The molecule has 0 radical (unpaired) electrons. The third-order valence-corrected chi connectivity index (χ3v) is 3.65. The van der Waals surface area contributed by atoms with Crippen molar-refractivity contribution in [2.24, 2.45) is 0 Å². The molecule has 6 heteroatoms. The quantitative estimate of drug-likeness (QED) is 0.750. The highest BCUT2D eigenvalue weighted by Crippen LogP contribution is 2.15. The molecule has 0 fully saturated rings. The summed E-state index contributed by atoms with van der Waals surface area (Å²) in [5.41, 5.74) is 1.49. The summed E-state index contributed by atoms with van der Waals surface area (Å²) in [4.78, 5) is 24.1. The smallest absolute Gasteiger partial charge is 0.246 e. The van der Waals surface area contributed by atoms with Crippen LogP contribution in [-0.4, -0.2) is 32.1 Å². The van der Waals surface area contributed by atoms with Crippen molar-refractivity contribution in [3.8, 4) is 11.5 Å². The maximum atomic E-state index is 12.2. The number of carbonyl (C=O) groups is 2. The zero-order valence-corrected chi connectivity index (χ0v) is 15.0. The van der Waals surface area contributed by atoms with Gasteiger partial charge in [0.05, 0.1) is 14.2 Å². The molecule has 0 aromatic heterocycles. The first-order chi connectivity index (χ1) is 12.5. The van der Waals surface area contributed by atoms with Gasteiger partial charge in [0.25, 0.3) is 0 Å². The zero-order chi connectivity index (χ0) is 18.9. The average Bonchev–Trinajstić information content (AvgIpc) is 2.67. The van der Waals surface area contributed by atoms with Crippen molar-refractivity contribution in [3.63, 3.8) is 0 Å². The number of rotatable bonds is 7. The Bertz CT molecular complexity index is 767. The number of ether oxygens (including phenoxy) is 2. The van der Waals surface area contributed by atoms with Crippen molar-refractivity contribution in [1.82, 2.24) is 5.32 Å². The first-order valence-corrected chi connectivity index (χ1v) is 8.09. The summed E-state index contributed by atoms with van der Waals surface area (Å²) in [7, 11) is 3.17. The van der Waals surface area contributed by atoms with Gasteiger partial charge < -0.3 is 20.1 Å². The standard InChI is InChI=1S/C20H22N2O4/c1-14(20(24)22-16-7-11-18(26-3)12-8-16)21-19(23)13-6-15-4-9-17(25-2)10-5-15/h4-14H,1-3H3,(H,21,23)(H,22,24)/b13-6+. The van der Waals surface area contributed by atoms with Crippen LogP contribution in [0.15, 0.2) is 54.6 Å². The van der Waals surface area contributed by atoms with E-state index < -0.39 is 6.04 Å². The van der Waals surface area contributed by atoms with E-state index in [1.165, 1.54) is 6.08 Å². The molecule has 136 valence electrons. The van der Waals surface area contributed by atoms with Gasteiger partial charge in [0, 0.05) is 11.8 Å². The molecule has 0 saturated carbocycles. The van der Waals surface area contributed by atoms with Crippen molar-refractivity contribution in [2.75, 3.05) is 19.5 Å². The highest BCUT2D eigenvalue weighted by atomic mass is 16.5. The van der Waals surface area contributed by atoms with Gasteiger partial charge in [0.15, 0.2) is 0 Å². The Morgan fingerprint density at radius 1 is 0.923 bits per heavy atom. The Morgan fingerprint density at radius 2 is 1.46 bits per heavy atom. The molecule has 26 heavy (non-hydrogen) atoms. The first-order valence-electron chi connectivity index (χ1n) is 8.09. The summed E-state index contributed by atoms with van der Waals surface area (Å²) in [6.45, 7) is 1.62. The van der Waals surface area contributed by atoms with Gasteiger partial charge in [-0.05, 0) is 55.0 Å². The van der Waals surface area contributed by atoms with E-state index in [1.54, 1.807) is 51.5 Å². The molecule has 2 N–H and O–H groups in total. The lowest BCUT2D eigenvalue weighted by molar-refractivity contribution is -0.123. The third-order valence-electron chi connectivity index (χ3n) is 3.65. The summed E-state index contributed by atoms with van der Waals surface area (Å²) >= 11 is 0. The van der Waals surface area contributed by atoms with Gasteiger partial charge in [-0.2, -0.15) is 0 Å². The fourth-order valence-corrected chi connectivity index (χ4v) is 2.14. The van der Waals surface area contributed by atoms with Crippen LogP contribution in [0.25, 0.3) is 6.08 Å². The lowest BCUT2D eigenvalue weighted by Crippen LogP contribution is -2.40. The Balaban J connectivity index is 1.86. The molecular formula is C20H22N2O4. The highest BCUT2D eigenvalue weighted by Gasteiger charge is 2.14. The van der Waals surface area contributed by atoms with Crippen molar-refractivity contribution < 1.29 is 19.1 Å². The average molecular weight is 354 g/mol. The number of amides is 2. The van der Waals surface area contributed by atoms with Crippen LogP contribution in [0.5, 0.6) is 11.5 Å². The van der Waals surface area contributed by atoms with E-state index in [1.807, 2.05) is 24.3 Å². The summed E-state index contributed by atoms with van der Waals surface area (Å²) in [5.74, 6) is 0.794. The largest absolute Gasteiger partial charge is 0.497 e. The lowest BCUT2D eigenvalue weighted by atomic mass is 10.2. The number of nitrogens with one attached hydrogen (secondary N) is 2. The second-order valence-electron chi connectivity index (χ2n) is 5.55. The van der Waals surface area contributed by atoms with Crippen LogP contribution in [0, 0.1) is 0 Å². The van der Waals surface area contributed by atoms with Gasteiger partial charge in [0.1, 0.15) is 17.5 Å². The normalized spacial score (nSPS) is 11.7. The first kappa shape index (κ1) is 19.1. The number of hydrogen-bond donors (Lipinski definition) is 2. The number of hydrogen-bond acceptors (Lipinski definition) is 4. The second kappa shape index (κ2) is 9.27. The lowest BCUT2D eigenvalue weighted by Gasteiger charge is -2.13. The minimum Gasteiger partial charge on any atom is -0.497 e. The molecule has 1 atom stereocenters. The van der Waals surface area contributed by atoms with Crippen LogP contribution in [0.1, 0.15) is 12.5 Å². The molecule has 2 aromatic rings. The Labute approximate surface area is 152 Å². The van der Waals surface area contributed by atoms with Gasteiger partial charge in [-0.15, -0.1) is 0 Å². The van der Waals surface area contributed by atoms with Crippen LogP contribution in [-0.2, 0) is 9.59 Å². The molecule has 0 spiro atoms. The van der Waals surface area contributed by atoms with Gasteiger partial charge >= 0.3 is 0 Å². The van der Waals surface area contributed by atoms with E-state index in [2.05, 4.69) is 10.6 Å². The Hall–Kier alpha value is -3.28. The summed E-state index contributed by atoms with van der Waals surface area (Å²) in [5, 5.41) is 5.37. The van der Waals surface area contributed by atoms with Gasteiger partial charge in [-0.25, -0.2) is 0 Å². The molecular weight excluding hydrogens is 332 g/mol.